The second-order valence-electron chi connectivity index (χ2n) is 2.55. The lowest BCUT2D eigenvalue weighted by molar-refractivity contribution is 0.0951. The predicted molar refractivity (Wildman–Crippen MR) is 51.8 cm³/mol. The van der Waals surface area contributed by atoms with Gasteiger partial charge < -0.3 is 10.3 Å². The van der Waals surface area contributed by atoms with Crippen LogP contribution in [0.15, 0.2) is 17.2 Å². The Kier molecular flexibility index (Phi) is 3.17. The molecule has 1 aromatic rings. The Labute approximate surface area is 85.9 Å². The topological polar surface area (TPSA) is 79.0 Å². The van der Waals surface area contributed by atoms with Crippen molar-refractivity contribution in [2.45, 2.75) is 11.8 Å². The number of halogens is 1. The molecule has 1 aromatic heterocycles. The van der Waals surface area contributed by atoms with Crippen LogP contribution in [0, 0.1) is 0 Å². The van der Waals surface area contributed by atoms with Crippen molar-refractivity contribution < 1.29 is 13.2 Å². The number of hydrogen-bond donors (Lipinski definition) is 2. The van der Waals surface area contributed by atoms with Gasteiger partial charge in [-0.1, -0.05) is 0 Å². The summed E-state index contributed by atoms with van der Waals surface area (Å²) in [6.07, 6.45) is 1.17. The summed E-state index contributed by atoms with van der Waals surface area (Å²) in [7, 11) is 1.30. The van der Waals surface area contributed by atoms with Crippen molar-refractivity contribution in [3.8, 4) is 0 Å². The first-order valence-corrected chi connectivity index (χ1v) is 6.17. The lowest BCUT2D eigenvalue weighted by atomic mass is 10.4. The first kappa shape index (κ1) is 11.1. The largest absolute Gasteiger partial charge is 0.356 e. The standard InChI is InChI=1S/C7H9ClN2O3S/c1-2-9-7(11)6-3-5(4-10-6)14(8,12)13/h3-4,10H,2H2,1H3,(H,9,11). The maximum absolute atomic E-state index is 11.2. The molecule has 0 spiro atoms. The van der Waals surface area contributed by atoms with E-state index in [0.717, 1.165) is 0 Å². The van der Waals surface area contributed by atoms with E-state index in [-0.39, 0.29) is 16.5 Å². The quantitative estimate of drug-likeness (QED) is 0.758. The molecule has 14 heavy (non-hydrogen) atoms. The molecule has 7 heteroatoms. The normalized spacial score (nSPS) is 11.3. The van der Waals surface area contributed by atoms with E-state index in [1.807, 2.05) is 0 Å². The van der Waals surface area contributed by atoms with Crippen LogP contribution in [0.3, 0.4) is 0 Å². The van der Waals surface area contributed by atoms with Crippen molar-refractivity contribution in [2.24, 2.45) is 0 Å². The van der Waals surface area contributed by atoms with E-state index in [1.54, 1.807) is 6.92 Å². The van der Waals surface area contributed by atoms with Crippen LogP contribution >= 0.6 is 10.7 Å². The Balaban J connectivity index is 2.94. The van der Waals surface area contributed by atoms with E-state index in [2.05, 4.69) is 10.3 Å². The molecule has 1 rings (SSSR count). The SMILES string of the molecule is CCNC(=O)c1cc(S(=O)(=O)Cl)c[nH]1. The van der Waals surface area contributed by atoms with Crippen LogP contribution in [-0.4, -0.2) is 25.9 Å². The van der Waals surface area contributed by atoms with Gasteiger partial charge in [-0.05, 0) is 13.0 Å². The molecule has 0 atom stereocenters. The Hall–Kier alpha value is -1.01. The van der Waals surface area contributed by atoms with Crippen LogP contribution in [-0.2, 0) is 9.05 Å². The average Bonchev–Trinajstić information content (AvgIpc) is 2.51. The van der Waals surface area contributed by atoms with Crippen LogP contribution in [0.4, 0.5) is 0 Å². The van der Waals surface area contributed by atoms with Crippen molar-refractivity contribution in [3.05, 3.63) is 18.0 Å². The van der Waals surface area contributed by atoms with Gasteiger partial charge in [-0.15, -0.1) is 0 Å². The molecule has 0 fully saturated rings. The fourth-order valence-corrected chi connectivity index (χ4v) is 1.63. The molecule has 78 valence electrons. The molecule has 0 aliphatic rings. The average molecular weight is 237 g/mol. The van der Waals surface area contributed by atoms with E-state index in [1.165, 1.54) is 12.3 Å². The zero-order chi connectivity index (χ0) is 10.8. The van der Waals surface area contributed by atoms with Gasteiger partial charge in [-0.3, -0.25) is 4.79 Å². The minimum atomic E-state index is -3.77. The van der Waals surface area contributed by atoms with Gasteiger partial charge in [-0.2, -0.15) is 0 Å². The van der Waals surface area contributed by atoms with Crippen LogP contribution in [0.5, 0.6) is 0 Å². The molecule has 0 bridgehead atoms. The number of amides is 1. The highest BCUT2D eigenvalue weighted by Crippen LogP contribution is 2.15. The zero-order valence-corrected chi connectivity index (χ0v) is 8.95. The molecular weight excluding hydrogens is 228 g/mol. The van der Waals surface area contributed by atoms with E-state index in [4.69, 9.17) is 10.7 Å². The van der Waals surface area contributed by atoms with Gasteiger partial charge in [0.2, 0.25) is 0 Å². The van der Waals surface area contributed by atoms with Crippen molar-refractivity contribution in [2.75, 3.05) is 6.54 Å². The summed E-state index contributed by atoms with van der Waals surface area (Å²) in [4.78, 5) is 13.6. The summed E-state index contributed by atoms with van der Waals surface area (Å²) in [6, 6.07) is 1.19. The predicted octanol–water partition coefficient (Wildman–Crippen LogP) is 0.692. The third-order valence-electron chi connectivity index (χ3n) is 1.52. The maximum Gasteiger partial charge on any atom is 0.267 e. The third-order valence-corrected chi connectivity index (χ3v) is 2.85. The van der Waals surface area contributed by atoms with Crippen molar-refractivity contribution in [3.63, 3.8) is 0 Å². The first-order chi connectivity index (χ1) is 6.45. The van der Waals surface area contributed by atoms with Gasteiger partial charge in [0, 0.05) is 23.4 Å². The number of aromatic amines is 1. The van der Waals surface area contributed by atoms with Gasteiger partial charge >= 0.3 is 0 Å². The minimum absolute atomic E-state index is 0.111. The Bertz CT molecular complexity index is 438. The van der Waals surface area contributed by atoms with E-state index in [0.29, 0.717) is 6.54 Å². The Morgan fingerprint density at radius 3 is 2.71 bits per heavy atom. The third kappa shape index (κ3) is 2.49. The fraction of sp³-hybridized carbons (Fsp3) is 0.286. The summed E-state index contributed by atoms with van der Waals surface area (Å²) in [5.41, 5.74) is 0.172. The minimum Gasteiger partial charge on any atom is -0.356 e. The van der Waals surface area contributed by atoms with Crippen LogP contribution in [0.1, 0.15) is 17.4 Å². The summed E-state index contributed by atoms with van der Waals surface area (Å²) >= 11 is 0. The number of carbonyl (C=O) groups is 1. The highest BCUT2D eigenvalue weighted by atomic mass is 35.7. The first-order valence-electron chi connectivity index (χ1n) is 3.86. The summed E-state index contributed by atoms with van der Waals surface area (Å²) in [5.74, 6) is -0.362. The molecule has 2 N–H and O–H groups in total. The Morgan fingerprint density at radius 1 is 1.64 bits per heavy atom. The second kappa shape index (κ2) is 4.02. The number of carbonyl (C=O) groups excluding carboxylic acids is 1. The van der Waals surface area contributed by atoms with E-state index < -0.39 is 9.05 Å². The van der Waals surface area contributed by atoms with E-state index >= 15 is 0 Å². The highest BCUT2D eigenvalue weighted by Gasteiger charge is 2.15. The maximum atomic E-state index is 11.2. The molecule has 0 aliphatic heterocycles. The molecule has 0 radical (unpaired) electrons. The molecule has 0 saturated heterocycles. The van der Waals surface area contributed by atoms with Crippen LogP contribution in [0.2, 0.25) is 0 Å². The monoisotopic (exact) mass is 236 g/mol. The smallest absolute Gasteiger partial charge is 0.267 e. The molecule has 0 aliphatic carbocycles. The number of rotatable bonds is 3. The molecule has 1 amide bonds. The summed E-state index contributed by atoms with van der Waals surface area (Å²) in [6.45, 7) is 2.24. The number of H-pyrrole nitrogens is 1. The molecule has 0 saturated carbocycles. The molecule has 0 aromatic carbocycles. The fourth-order valence-electron chi connectivity index (χ4n) is 0.902. The number of nitrogens with one attached hydrogen (secondary N) is 2. The second-order valence-corrected chi connectivity index (χ2v) is 5.11. The lowest BCUT2D eigenvalue weighted by Crippen LogP contribution is -2.22. The van der Waals surface area contributed by atoms with Gasteiger partial charge in [0.1, 0.15) is 10.6 Å². The van der Waals surface area contributed by atoms with Crippen LogP contribution in [0.25, 0.3) is 0 Å². The van der Waals surface area contributed by atoms with Gasteiger partial charge in [0.05, 0.1) is 0 Å². The number of hydrogen-bond acceptors (Lipinski definition) is 3. The Morgan fingerprint density at radius 2 is 2.29 bits per heavy atom. The number of aromatic nitrogens is 1. The van der Waals surface area contributed by atoms with E-state index in [9.17, 15) is 13.2 Å². The van der Waals surface area contributed by atoms with Gasteiger partial charge in [-0.25, -0.2) is 8.42 Å². The van der Waals surface area contributed by atoms with Crippen molar-refractivity contribution >= 4 is 25.6 Å². The molecule has 1 heterocycles. The van der Waals surface area contributed by atoms with Crippen molar-refractivity contribution in [1.29, 1.82) is 0 Å². The molecular formula is C7H9ClN2O3S. The summed E-state index contributed by atoms with van der Waals surface area (Å²) < 4.78 is 21.7. The zero-order valence-electron chi connectivity index (χ0n) is 7.37. The van der Waals surface area contributed by atoms with Gasteiger partial charge in [0.25, 0.3) is 15.0 Å². The van der Waals surface area contributed by atoms with Crippen LogP contribution < -0.4 is 5.32 Å². The molecule has 5 nitrogen and oxygen atoms in total. The lowest BCUT2D eigenvalue weighted by Gasteiger charge is -1.96. The highest BCUT2D eigenvalue weighted by molar-refractivity contribution is 8.13. The van der Waals surface area contributed by atoms with Crippen molar-refractivity contribution in [1.82, 2.24) is 10.3 Å². The summed E-state index contributed by atoms with van der Waals surface area (Å²) in [5, 5.41) is 2.52. The van der Waals surface area contributed by atoms with Gasteiger partial charge in [0.15, 0.2) is 0 Å². The molecule has 0 unspecified atom stereocenters.